The van der Waals surface area contributed by atoms with Crippen LogP contribution in [0.15, 0.2) is 18.5 Å². The zero-order valence-corrected chi connectivity index (χ0v) is 13.7. The van der Waals surface area contributed by atoms with E-state index >= 15 is 0 Å². The highest BCUT2D eigenvalue weighted by Gasteiger charge is 2.20. The molecule has 0 saturated carbocycles. The maximum absolute atomic E-state index is 12.4. The lowest BCUT2D eigenvalue weighted by Crippen LogP contribution is -2.26. The van der Waals surface area contributed by atoms with E-state index in [2.05, 4.69) is 20.8 Å². The van der Waals surface area contributed by atoms with Crippen LogP contribution in [0.25, 0.3) is 0 Å². The molecule has 8 heteroatoms. The predicted molar refractivity (Wildman–Crippen MR) is 86.4 cm³/mol. The first kappa shape index (κ1) is 16.7. The predicted octanol–water partition coefficient (Wildman–Crippen LogP) is 1.51. The van der Waals surface area contributed by atoms with Gasteiger partial charge in [0.2, 0.25) is 0 Å². The Hall–Kier alpha value is -2.64. The molecular formula is C15H22N6O2. The van der Waals surface area contributed by atoms with Crippen LogP contribution in [0.2, 0.25) is 0 Å². The summed E-state index contributed by atoms with van der Waals surface area (Å²) in [6.07, 6.45) is 4.06. The van der Waals surface area contributed by atoms with Crippen molar-refractivity contribution < 1.29 is 9.59 Å². The first-order valence-electron chi connectivity index (χ1n) is 7.79. The molecule has 0 unspecified atom stereocenters. The maximum atomic E-state index is 12.4. The third-order valence-electron chi connectivity index (χ3n) is 3.33. The molecule has 0 aliphatic rings. The van der Waals surface area contributed by atoms with Gasteiger partial charge in [0, 0.05) is 32.0 Å². The van der Waals surface area contributed by atoms with E-state index in [1.54, 1.807) is 27.8 Å². The zero-order chi connectivity index (χ0) is 16.8. The van der Waals surface area contributed by atoms with E-state index in [1.807, 2.05) is 20.8 Å². The Kier molecular flexibility index (Phi) is 5.51. The second-order valence-electron chi connectivity index (χ2n) is 4.99. The van der Waals surface area contributed by atoms with Gasteiger partial charge in [0.15, 0.2) is 5.69 Å². The molecule has 0 radical (unpaired) electrons. The van der Waals surface area contributed by atoms with Gasteiger partial charge in [-0.3, -0.25) is 19.0 Å². The summed E-state index contributed by atoms with van der Waals surface area (Å²) in [4.78, 5) is 24.6. The van der Waals surface area contributed by atoms with Crippen molar-refractivity contribution in [3.8, 4) is 0 Å². The van der Waals surface area contributed by atoms with Crippen molar-refractivity contribution in [2.75, 3.05) is 11.9 Å². The Balaban J connectivity index is 2.23. The van der Waals surface area contributed by atoms with Crippen LogP contribution in [0.5, 0.6) is 0 Å². The lowest BCUT2D eigenvalue weighted by molar-refractivity contribution is 0.0948. The summed E-state index contributed by atoms with van der Waals surface area (Å²) >= 11 is 0. The molecule has 0 saturated heterocycles. The standard InChI is InChI=1S/C15H22N6O2/c1-4-8-16-15(23)13-11(10-20(5-2)19-13)18-14(22)12-7-9-17-21(12)6-3/h7,9-10H,4-6,8H2,1-3H3,(H,16,23)(H,18,22). The number of hydrogen-bond donors (Lipinski definition) is 2. The molecule has 2 amide bonds. The molecule has 2 heterocycles. The summed E-state index contributed by atoms with van der Waals surface area (Å²) in [7, 11) is 0. The van der Waals surface area contributed by atoms with Gasteiger partial charge in [0.05, 0.1) is 5.69 Å². The van der Waals surface area contributed by atoms with Crippen molar-refractivity contribution in [3.63, 3.8) is 0 Å². The molecule has 0 aromatic carbocycles. The molecule has 0 aliphatic carbocycles. The Morgan fingerprint density at radius 3 is 2.61 bits per heavy atom. The summed E-state index contributed by atoms with van der Waals surface area (Å²) < 4.78 is 3.21. The summed E-state index contributed by atoms with van der Waals surface area (Å²) in [6.45, 7) is 7.55. The van der Waals surface area contributed by atoms with Gasteiger partial charge in [0.1, 0.15) is 5.69 Å². The Bertz CT molecular complexity index is 688. The van der Waals surface area contributed by atoms with Crippen LogP contribution in [0.1, 0.15) is 48.2 Å². The first-order valence-corrected chi connectivity index (χ1v) is 7.79. The Labute approximate surface area is 134 Å². The van der Waals surface area contributed by atoms with Gasteiger partial charge in [-0.15, -0.1) is 0 Å². The van der Waals surface area contributed by atoms with Crippen molar-refractivity contribution >= 4 is 17.5 Å². The molecule has 0 atom stereocenters. The maximum Gasteiger partial charge on any atom is 0.274 e. The van der Waals surface area contributed by atoms with Gasteiger partial charge in [-0.1, -0.05) is 6.92 Å². The second-order valence-corrected chi connectivity index (χ2v) is 4.99. The van der Waals surface area contributed by atoms with Crippen molar-refractivity contribution in [3.05, 3.63) is 29.8 Å². The van der Waals surface area contributed by atoms with E-state index in [0.717, 1.165) is 6.42 Å². The fraction of sp³-hybridized carbons (Fsp3) is 0.467. The Morgan fingerprint density at radius 2 is 1.96 bits per heavy atom. The zero-order valence-electron chi connectivity index (χ0n) is 13.7. The molecular weight excluding hydrogens is 296 g/mol. The molecule has 124 valence electrons. The number of aromatic nitrogens is 4. The summed E-state index contributed by atoms with van der Waals surface area (Å²) in [5.74, 6) is -0.608. The molecule has 0 bridgehead atoms. The van der Waals surface area contributed by atoms with Gasteiger partial charge in [-0.2, -0.15) is 10.2 Å². The minimum Gasteiger partial charge on any atom is -0.351 e. The Morgan fingerprint density at radius 1 is 1.17 bits per heavy atom. The molecule has 2 rings (SSSR count). The van der Waals surface area contributed by atoms with E-state index in [0.29, 0.717) is 31.0 Å². The van der Waals surface area contributed by atoms with Crippen LogP contribution in [0, 0.1) is 0 Å². The lowest BCUT2D eigenvalue weighted by atomic mass is 10.3. The minimum absolute atomic E-state index is 0.219. The number of rotatable bonds is 7. The fourth-order valence-electron chi connectivity index (χ4n) is 2.13. The van der Waals surface area contributed by atoms with E-state index in [-0.39, 0.29) is 17.5 Å². The normalized spacial score (nSPS) is 10.6. The number of nitrogens with one attached hydrogen (secondary N) is 2. The van der Waals surface area contributed by atoms with Crippen LogP contribution >= 0.6 is 0 Å². The van der Waals surface area contributed by atoms with Gasteiger partial charge >= 0.3 is 0 Å². The van der Waals surface area contributed by atoms with E-state index in [1.165, 1.54) is 0 Å². The number of amides is 2. The highest BCUT2D eigenvalue weighted by molar-refractivity contribution is 6.07. The van der Waals surface area contributed by atoms with E-state index < -0.39 is 0 Å². The highest BCUT2D eigenvalue weighted by atomic mass is 16.2. The summed E-state index contributed by atoms with van der Waals surface area (Å²) in [5, 5.41) is 13.8. The molecule has 0 fully saturated rings. The fourth-order valence-corrected chi connectivity index (χ4v) is 2.13. The van der Waals surface area contributed by atoms with Crippen LogP contribution in [0.3, 0.4) is 0 Å². The largest absolute Gasteiger partial charge is 0.351 e. The quantitative estimate of drug-likeness (QED) is 0.809. The third kappa shape index (κ3) is 3.77. The smallest absolute Gasteiger partial charge is 0.274 e. The molecule has 8 nitrogen and oxygen atoms in total. The van der Waals surface area contributed by atoms with Crippen molar-refractivity contribution in [1.82, 2.24) is 24.9 Å². The highest BCUT2D eigenvalue weighted by Crippen LogP contribution is 2.15. The van der Waals surface area contributed by atoms with E-state index in [9.17, 15) is 9.59 Å². The molecule has 0 spiro atoms. The second kappa shape index (κ2) is 7.57. The number of aryl methyl sites for hydroxylation is 2. The van der Waals surface area contributed by atoms with Crippen molar-refractivity contribution in [2.45, 2.75) is 40.3 Å². The SMILES string of the molecule is CCCNC(=O)c1nn(CC)cc1NC(=O)c1ccnn1CC. The van der Waals surface area contributed by atoms with Gasteiger partial charge in [-0.25, -0.2) is 0 Å². The first-order chi connectivity index (χ1) is 11.1. The van der Waals surface area contributed by atoms with Crippen molar-refractivity contribution in [1.29, 1.82) is 0 Å². The molecule has 2 aromatic rings. The average molecular weight is 318 g/mol. The number of carbonyl (C=O) groups is 2. The molecule has 2 N–H and O–H groups in total. The van der Waals surface area contributed by atoms with Crippen LogP contribution in [-0.4, -0.2) is 37.9 Å². The third-order valence-corrected chi connectivity index (χ3v) is 3.33. The monoisotopic (exact) mass is 318 g/mol. The van der Waals surface area contributed by atoms with Gasteiger partial charge in [-0.05, 0) is 26.3 Å². The van der Waals surface area contributed by atoms with Crippen LogP contribution in [-0.2, 0) is 13.1 Å². The minimum atomic E-state index is -0.315. The van der Waals surface area contributed by atoms with Gasteiger partial charge in [0.25, 0.3) is 11.8 Å². The molecule has 0 aliphatic heterocycles. The summed E-state index contributed by atoms with van der Waals surface area (Å²) in [5.41, 5.74) is 1.06. The number of anilines is 1. The topological polar surface area (TPSA) is 93.8 Å². The van der Waals surface area contributed by atoms with Crippen LogP contribution in [0.4, 0.5) is 5.69 Å². The number of hydrogen-bond acceptors (Lipinski definition) is 4. The molecule has 2 aromatic heterocycles. The van der Waals surface area contributed by atoms with Gasteiger partial charge < -0.3 is 10.6 Å². The molecule has 23 heavy (non-hydrogen) atoms. The lowest BCUT2D eigenvalue weighted by Gasteiger charge is -2.07. The van der Waals surface area contributed by atoms with E-state index in [4.69, 9.17) is 0 Å². The average Bonchev–Trinajstić information content (AvgIpc) is 3.18. The number of carbonyl (C=O) groups excluding carboxylic acids is 2. The van der Waals surface area contributed by atoms with Crippen molar-refractivity contribution in [2.24, 2.45) is 0 Å². The number of nitrogens with zero attached hydrogens (tertiary/aromatic N) is 4. The summed E-state index contributed by atoms with van der Waals surface area (Å²) in [6, 6.07) is 1.64. The van der Waals surface area contributed by atoms with Crippen LogP contribution < -0.4 is 10.6 Å².